The molecular weight excluding hydrogens is 465 g/mol. The van der Waals surface area contributed by atoms with Crippen molar-refractivity contribution in [2.75, 3.05) is 26.2 Å². The lowest BCUT2D eigenvalue weighted by Crippen LogP contribution is -2.50. The van der Waals surface area contributed by atoms with Gasteiger partial charge in [0.15, 0.2) is 0 Å². The monoisotopic (exact) mass is 488 g/mol. The molecule has 178 valence electrons. The Hall–Kier alpha value is -2.91. The van der Waals surface area contributed by atoms with Crippen LogP contribution in [0.2, 0.25) is 0 Å². The van der Waals surface area contributed by atoms with Crippen molar-refractivity contribution in [2.45, 2.75) is 29.8 Å². The van der Waals surface area contributed by atoms with Gasteiger partial charge >= 0.3 is 6.18 Å². The fourth-order valence-corrected chi connectivity index (χ4v) is 5.88. The van der Waals surface area contributed by atoms with Crippen LogP contribution < -0.4 is 0 Å². The van der Waals surface area contributed by atoms with Gasteiger partial charge in [0.2, 0.25) is 10.0 Å². The van der Waals surface area contributed by atoms with Gasteiger partial charge in [0.1, 0.15) is 0 Å². The Morgan fingerprint density at radius 2 is 1.53 bits per heavy atom. The Bertz CT molecular complexity index is 1360. The Morgan fingerprint density at radius 1 is 0.853 bits per heavy atom. The van der Waals surface area contributed by atoms with Crippen LogP contribution in [0.4, 0.5) is 13.2 Å². The average molecular weight is 489 g/mol. The molecule has 0 bridgehead atoms. The van der Waals surface area contributed by atoms with E-state index in [0.717, 1.165) is 29.7 Å². The predicted molar refractivity (Wildman–Crippen MR) is 122 cm³/mol. The standard InChI is InChI=1S/C25H23F3N2O3S/c26-25(27,28)22-14-21(18-5-6-18)15-23(16-22)34(32,33)30-11-9-29(10-12-30)24(31)20-8-7-17-3-1-2-4-19(17)13-20/h1-4,7-8,13-16,18H,5-6,9-12H2. The van der Waals surface area contributed by atoms with E-state index in [1.807, 2.05) is 36.4 Å². The van der Waals surface area contributed by atoms with Crippen molar-refractivity contribution in [3.05, 3.63) is 77.4 Å². The van der Waals surface area contributed by atoms with E-state index in [-0.39, 0.29) is 42.9 Å². The molecule has 0 unspecified atom stereocenters. The first-order valence-corrected chi connectivity index (χ1v) is 12.6. The highest BCUT2D eigenvalue weighted by atomic mass is 32.2. The molecule has 5 rings (SSSR count). The maximum absolute atomic E-state index is 13.4. The summed E-state index contributed by atoms with van der Waals surface area (Å²) in [6.45, 7) is 0.381. The SMILES string of the molecule is O=C(c1ccc2ccccc2c1)N1CCN(S(=O)(=O)c2cc(C3CC3)cc(C(F)(F)F)c2)CC1. The maximum atomic E-state index is 13.4. The molecule has 2 aliphatic rings. The highest BCUT2D eigenvalue weighted by molar-refractivity contribution is 7.89. The zero-order valence-electron chi connectivity index (χ0n) is 18.3. The largest absolute Gasteiger partial charge is 0.416 e. The van der Waals surface area contributed by atoms with Crippen LogP contribution in [0.15, 0.2) is 65.6 Å². The lowest BCUT2D eigenvalue weighted by molar-refractivity contribution is -0.137. The molecule has 34 heavy (non-hydrogen) atoms. The van der Waals surface area contributed by atoms with Gasteiger partial charge in [0, 0.05) is 31.7 Å². The van der Waals surface area contributed by atoms with Gasteiger partial charge in [-0.2, -0.15) is 17.5 Å². The molecule has 1 saturated heterocycles. The molecule has 0 radical (unpaired) electrons. The van der Waals surface area contributed by atoms with Crippen molar-refractivity contribution in [1.82, 2.24) is 9.21 Å². The van der Waals surface area contributed by atoms with Crippen LogP contribution >= 0.6 is 0 Å². The van der Waals surface area contributed by atoms with Crippen molar-refractivity contribution in [3.8, 4) is 0 Å². The molecule has 0 N–H and O–H groups in total. The summed E-state index contributed by atoms with van der Waals surface area (Å²) in [6.07, 6.45) is -3.10. The van der Waals surface area contributed by atoms with Gasteiger partial charge in [-0.15, -0.1) is 0 Å². The van der Waals surface area contributed by atoms with E-state index >= 15 is 0 Å². The molecule has 0 spiro atoms. The number of carbonyl (C=O) groups is 1. The summed E-state index contributed by atoms with van der Waals surface area (Å²) in [7, 11) is -4.12. The van der Waals surface area contributed by atoms with Gasteiger partial charge in [0.05, 0.1) is 10.5 Å². The van der Waals surface area contributed by atoms with Crippen LogP contribution in [0.1, 0.15) is 40.2 Å². The van der Waals surface area contributed by atoms with Crippen molar-refractivity contribution in [1.29, 1.82) is 0 Å². The minimum absolute atomic E-state index is 0.0207. The number of hydrogen-bond donors (Lipinski definition) is 0. The third-order valence-electron chi connectivity index (χ3n) is 6.46. The zero-order valence-corrected chi connectivity index (χ0v) is 19.1. The third kappa shape index (κ3) is 4.42. The molecule has 1 aliphatic heterocycles. The molecule has 3 aromatic rings. The van der Waals surface area contributed by atoms with Crippen LogP contribution in [-0.2, 0) is 16.2 Å². The number of carbonyl (C=O) groups excluding carboxylic acids is 1. The molecule has 0 aromatic heterocycles. The number of fused-ring (bicyclic) bond motifs is 1. The Balaban J connectivity index is 1.34. The lowest BCUT2D eigenvalue weighted by atomic mass is 10.1. The van der Waals surface area contributed by atoms with E-state index in [2.05, 4.69) is 0 Å². The number of benzene rings is 3. The fourth-order valence-electron chi connectivity index (χ4n) is 4.37. The fraction of sp³-hybridized carbons (Fsp3) is 0.320. The Morgan fingerprint density at radius 3 is 2.18 bits per heavy atom. The third-order valence-corrected chi connectivity index (χ3v) is 8.34. The van der Waals surface area contributed by atoms with Crippen molar-refractivity contribution in [3.63, 3.8) is 0 Å². The zero-order chi connectivity index (χ0) is 24.1. The first kappa shape index (κ1) is 22.9. The lowest BCUT2D eigenvalue weighted by Gasteiger charge is -2.34. The van der Waals surface area contributed by atoms with Crippen LogP contribution in [0.25, 0.3) is 10.8 Å². The normalized spacial score (nSPS) is 17.8. The number of sulfonamides is 1. The van der Waals surface area contributed by atoms with Gasteiger partial charge in [-0.1, -0.05) is 30.3 Å². The molecule has 1 aliphatic carbocycles. The first-order valence-electron chi connectivity index (χ1n) is 11.1. The van der Waals surface area contributed by atoms with Crippen LogP contribution in [-0.4, -0.2) is 49.7 Å². The molecular formula is C25H23F3N2O3S. The highest BCUT2D eigenvalue weighted by Gasteiger charge is 2.37. The quantitative estimate of drug-likeness (QED) is 0.526. The molecule has 1 amide bonds. The summed E-state index contributed by atoms with van der Waals surface area (Å²) in [5.74, 6) is -0.217. The van der Waals surface area contributed by atoms with Gasteiger partial charge in [-0.3, -0.25) is 4.79 Å². The number of nitrogens with zero attached hydrogens (tertiary/aromatic N) is 2. The molecule has 9 heteroatoms. The van der Waals surface area contributed by atoms with Crippen LogP contribution in [0.5, 0.6) is 0 Å². The number of halogens is 3. The summed E-state index contributed by atoms with van der Waals surface area (Å²) < 4.78 is 67.8. The van der Waals surface area contributed by atoms with Gasteiger partial charge in [0.25, 0.3) is 5.91 Å². The van der Waals surface area contributed by atoms with E-state index < -0.39 is 21.8 Å². The Labute approximate surface area is 195 Å². The highest BCUT2D eigenvalue weighted by Crippen LogP contribution is 2.43. The summed E-state index contributed by atoms with van der Waals surface area (Å²) >= 11 is 0. The van der Waals surface area contributed by atoms with E-state index in [1.54, 1.807) is 11.0 Å². The van der Waals surface area contributed by atoms with Crippen LogP contribution in [0, 0.1) is 0 Å². The number of piperazine rings is 1. The average Bonchev–Trinajstić information content (AvgIpc) is 3.68. The molecule has 5 nitrogen and oxygen atoms in total. The molecule has 3 aromatic carbocycles. The number of amides is 1. The predicted octanol–water partition coefficient (Wildman–Crippen LogP) is 4.88. The summed E-state index contributed by atoms with van der Waals surface area (Å²) in [4.78, 5) is 14.2. The maximum Gasteiger partial charge on any atom is 0.416 e. The van der Waals surface area contributed by atoms with Crippen molar-refractivity contribution >= 4 is 26.7 Å². The second-order valence-electron chi connectivity index (χ2n) is 8.82. The molecule has 1 heterocycles. The molecule has 1 saturated carbocycles. The summed E-state index contributed by atoms with van der Waals surface area (Å²) in [6, 6.07) is 16.2. The Kier molecular flexibility index (Phi) is 5.64. The smallest absolute Gasteiger partial charge is 0.336 e. The van der Waals surface area contributed by atoms with Gasteiger partial charge in [-0.25, -0.2) is 8.42 Å². The van der Waals surface area contributed by atoms with Crippen molar-refractivity contribution < 1.29 is 26.4 Å². The first-order chi connectivity index (χ1) is 16.1. The minimum Gasteiger partial charge on any atom is -0.336 e. The topological polar surface area (TPSA) is 57.7 Å². The van der Waals surface area contributed by atoms with Gasteiger partial charge < -0.3 is 4.90 Å². The van der Waals surface area contributed by atoms with E-state index in [4.69, 9.17) is 0 Å². The number of hydrogen-bond acceptors (Lipinski definition) is 3. The van der Waals surface area contributed by atoms with Crippen LogP contribution in [0.3, 0.4) is 0 Å². The van der Waals surface area contributed by atoms with Gasteiger partial charge in [-0.05, 0) is 65.4 Å². The second kappa shape index (κ2) is 8.39. The van der Waals surface area contributed by atoms with E-state index in [1.165, 1.54) is 10.4 Å². The second-order valence-corrected chi connectivity index (χ2v) is 10.8. The van der Waals surface area contributed by atoms with Crippen molar-refractivity contribution in [2.24, 2.45) is 0 Å². The number of rotatable bonds is 4. The molecule has 0 atom stereocenters. The van der Waals surface area contributed by atoms with E-state index in [9.17, 15) is 26.4 Å². The number of alkyl halides is 3. The molecule has 2 fully saturated rings. The van der Waals surface area contributed by atoms with E-state index in [0.29, 0.717) is 17.2 Å². The summed E-state index contributed by atoms with van der Waals surface area (Å²) in [5.41, 5.74) is -0.0129. The minimum atomic E-state index is -4.62. The summed E-state index contributed by atoms with van der Waals surface area (Å²) in [5, 5.41) is 1.95.